The van der Waals surface area contributed by atoms with Crippen LogP contribution in [0.5, 0.6) is 0 Å². The topological polar surface area (TPSA) is 92.3 Å². The van der Waals surface area contributed by atoms with Crippen molar-refractivity contribution >= 4 is 37.6 Å². The Hall–Kier alpha value is -1.41. The molecule has 0 atom stereocenters. The van der Waals surface area contributed by atoms with E-state index in [9.17, 15) is 18.0 Å². The van der Waals surface area contributed by atoms with E-state index in [4.69, 9.17) is 0 Å². The smallest absolute Gasteiger partial charge is 0.251 e. The summed E-state index contributed by atoms with van der Waals surface area (Å²) >= 11 is 3.29. The van der Waals surface area contributed by atoms with E-state index < -0.39 is 9.84 Å². The molecule has 0 heterocycles. The number of hydrogen-bond donors (Lipinski definition) is 2. The van der Waals surface area contributed by atoms with Crippen LogP contribution in [0.2, 0.25) is 0 Å². The summed E-state index contributed by atoms with van der Waals surface area (Å²) in [5, 5.41) is 5.27. The van der Waals surface area contributed by atoms with Crippen LogP contribution in [0.3, 0.4) is 0 Å². The number of carbonyl (C=O) groups is 2. The summed E-state index contributed by atoms with van der Waals surface area (Å²) in [7, 11) is -3.00. The van der Waals surface area contributed by atoms with Gasteiger partial charge in [0.2, 0.25) is 5.91 Å². The molecule has 0 unspecified atom stereocenters. The van der Waals surface area contributed by atoms with Crippen molar-refractivity contribution in [2.24, 2.45) is 0 Å². The fraction of sp³-hybridized carbons (Fsp3) is 0.429. The monoisotopic (exact) mass is 390 g/mol. The van der Waals surface area contributed by atoms with E-state index in [-0.39, 0.29) is 30.5 Å². The molecule has 6 nitrogen and oxygen atoms in total. The Morgan fingerprint density at radius 1 is 1.09 bits per heavy atom. The lowest BCUT2D eigenvalue weighted by molar-refractivity contribution is -0.120. The minimum atomic E-state index is -3.00. The Morgan fingerprint density at radius 3 is 2.32 bits per heavy atom. The van der Waals surface area contributed by atoms with Gasteiger partial charge in [0.1, 0.15) is 9.84 Å². The van der Waals surface area contributed by atoms with E-state index in [1.54, 1.807) is 24.3 Å². The summed E-state index contributed by atoms with van der Waals surface area (Å²) in [6.07, 6.45) is 1.70. The largest absolute Gasteiger partial charge is 0.356 e. The van der Waals surface area contributed by atoms with Gasteiger partial charge < -0.3 is 10.6 Å². The second-order valence-electron chi connectivity index (χ2n) is 4.85. The van der Waals surface area contributed by atoms with Gasteiger partial charge in [0.25, 0.3) is 5.91 Å². The van der Waals surface area contributed by atoms with Gasteiger partial charge in [-0.15, -0.1) is 0 Å². The van der Waals surface area contributed by atoms with Crippen molar-refractivity contribution in [2.75, 3.05) is 25.1 Å². The molecular weight excluding hydrogens is 372 g/mol. The van der Waals surface area contributed by atoms with Crippen LogP contribution in [0.4, 0.5) is 0 Å². The molecule has 0 aromatic heterocycles. The molecule has 22 heavy (non-hydrogen) atoms. The highest BCUT2D eigenvalue weighted by Crippen LogP contribution is 2.10. The van der Waals surface area contributed by atoms with E-state index >= 15 is 0 Å². The fourth-order valence-corrected chi connectivity index (χ4v) is 2.58. The Kier molecular flexibility index (Phi) is 7.53. The fourth-order valence-electron chi connectivity index (χ4n) is 1.64. The number of hydrogen-bond acceptors (Lipinski definition) is 4. The Morgan fingerprint density at radius 2 is 1.73 bits per heavy atom. The SMILES string of the molecule is CS(=O)(=O)CCCNC(=O)CCNC(=O)c1ccc(Br)cc1. The van der Waals surface area contributed by atoms with Gasteiger partial charge in [-0.3, -0.25) is 9.59 Å². The second-order valence-corrected chi connectivity index (χ2v) is 8.02. The van der Waals surface area contributed by atoms with Crippen molar-refractivity contribution in [3.05, 3.63) is 34.3 Å². The standard InChI is InChI=1S/C14H19BrN2O4S/c1-22(20,21)10-2-8-16-13(18)7-9-17-14(19)11-3-5-12(15)6-4-11/h3-6H,2,7-10H2,1H3,(H,16,18)(H,17,19). The first-order valence-electron chi connectivity index (χ1n) is 6.76. The maximum Gasteiger partial charge on any atom is 0.251 e. The third-order valence-corrected chi connectivity index (χ3v) is 4.32. The lowest BCUT2D eigenvalue weighted by Crippen LogP contribution is -2.31. The molecule has 1 rings (SSSR count). The first-order chi connectivity index (χ1) is 10.3. The maximum atomic E-state index is 11.8. The van der Waals surface area contributed by atoms with Crippen molar-refractivity contribution in [2.45, 2.75) is 12.8 Å². The second kappa shape index (κ2) is 8.89. The van der Waals surface area contributed by atoms with Crippen molar-refractivity contribution in [3.63, 3.8) is 0 Å². The van der Waals surface area contributed by atoms with Crippen LogP contribution < -0.4 is 10.6 Å². The third kappa shape index (κ3) is 8.14. The van der Waals surface area contributed by atoms with Gasteiger partial charge in [-0.05, 0) is 30.7 Å². The number of carbonyl (C=O) groups excluding carboxylic acids is 2. The predicted octanol–water partition coefficient (Wildman–Crippen LogP) is 1.12. The lowest BCUT2D eigenvalue weighted by atomic mass is 10.2. The van der Waals surface area contributed by atoms with E-state index in [1.165, 1.54) is 0 Å². The van der Waals surface area contributed by atoms with Crippen molar-refractivity contribution in [1.82, 2.24) is 10.6 Å². The molecule has 0 radical (unpaired) electrons. The maximum absolute atomic E-state index is 11.8. The van der Waals surface area contributed by atoms with Crippen LogP contribution in [-0.4, -0.2) is 45.3 Å². The molecule has 1 aromatic carbocycles. The van der Waals surface area contributed by atoms with Crippen LogP contribution in [0, 0.1) is 0 Å². The Bertz CT molecular complexity index is 614. The van der Waals surface area contributed by atoms with Crippen LogP contribution in [0.15, 0.2) is 28.7 Å². The van der Waals surface area contributed by atoms with E-state index in [1.807, 2.05) is 0 Å². The predicted molar refractivity (Wildman–Crippen MR) is 88.4 cm³/mol. The summed E-state index contributed by atoms with van der Waals surface area (Å²) in [4.78, 5) is 23.3. The van der Waals surface area contributed by atoms with Crippen LogP contribution in [0.1, 0.15) is 23.2 Å². The first-order valence-corrected chi connectivity index (χ1v) is 9.61. The highest BCUT2D eigenvalue weighted by Gasteiger charge is 2.07. The summed E-state index contributed by atoms with van der Waals surface area (Å²) in [6, 6.07) is 6.90. The molecule has 2 amide bonds. The first kappa shape index (κ1) is 18.6. The molecule has 0 fully saturated rings. The van der Waals surface area contributed by atoms with Gasteiger partial charge in [-0.2, -0.15) is 0 Å². The van der Waals surface area contributed by atoms with Crippen LogP contribution in [-0.2, 0) is 14.6 Å². The molecule has 0 aliphatic rings. The van der Waals surface area contributed by atoms with Gasteiger partial charge in [0, 0.05) is 35.8 Å². The third-order valence-electron chi connectivity index (χ3n) is 2.76. The minimum Gasteiger partial charge on any atom is -0.356 e. The Labute approximate surface area is 138 Å². The average molecular weight is 391 g/mol. The highest BCUT2D eigenvalue weighted by molar-refractivity contribution is 9.10. The van der Waals surface area contributed by atoms with Crippen LogP contribution >= 0.6 is 15.9 Å². The lowest BCUT2D eigenvalue weighted by Gasteiger charge is -2.07. The molecule has 1 aromatic rings. The molecule has 0 saturated carbocycles. The summed E-state index contributed by atoms with van der Waals surface area (Å²) in [5.74, 6) is -0.407. The van der Waals surface area contributed by atoms with Crippen molar-refractivity contribution in [3.8, 4) is 0 Å². The van der Waals surface area contributed by atoms with Gasteiger partial charge in [0.15, 0.2) is 0 Å². The zero-order valence-corrected chi connectivity index (χ0v) is 14.7. The van der Waals surface area contributed by atoms with Gasteiger partial charge in [-0.25, -0.2) is 8.42 Å². The summed E-state index contributed by atoms with van der Waals surface area (Å²) in [6.45, 7) is 0.541. The molecular formula is C14H19BrN2O4S. The molecule has 8 heteroatoms. The zero-order valence-electron chi connectivity index (χ0n) is 12.3. The molecule has 122 valence electrons. The zero-order chi connectivity index (χ0) is 16.6. The average Bonchev–Trinajstić information content (AvgIpc) is 2.43. The number of benzene rings is 1. The number of nitrogens with one attached hydrogen (secondary N) is 2. The summed E-state index contributed by atoms with van der Waals surface area (Å²) < 4.78 is 22.7. The quantitative estimate of drug-likeness (QED) is 0.650. The molecule has 0 aliphatic heterocycles. The minimum absolute atomic E-state index is 0.0492. The van der Waals surface area contributed by atoms with Crippen LogP contribution in [0.25, 0.3) is 0 Å². The van der Waals surface area contributed by atoms with Gasteiger partial charge in [-0.1, -0.05) is 15.9 Å². The van der Waals surface area contributed by atoms with Gasteiger partial charge >= 0.3 is 0 Å². The number of sulfone groups is 1. The van der Waals surface area contributed by atoms with E-state index in [0.717, 1.165) is 10.7 Å². The van der Waals surface area contributed by atoms with Gasteiger partial charge in [0.05, 0.1) is 5.75 Å². The van der Waals surface area contributed by atoms with Crippen molar-refractivity contribution in [1.29, 1.82) is 0 Å². The number of rotatable bonds is 8. The molecule has 0 saturated heterocycles. The van der Waals surface area contributed by atoms with E-state index in [0.29, 0.717) is 18.5 Å². The van der Waals surface area contributed by atoms with Crippen molar-refractivity contribution < 1.29 is 18.0 Å². The Balaban J connectivity index is 2.19. The molecule has 0 spiro atoms. The molecule has 2 N–H and O–H groups in total. The van der Waals surface area contributed by atoms with E-state index in [2.05, 4.69) is 26.6 Å². The molecule has 0 bridgehead atoms. The highest BCUT2D eigenvalue weighted by atomic mass is 79.9. The summed E-state index contributed by atoms with van der Waals surface area (Å²) in [5.41, 5.74) is 0.525. The molecule has 0 aliphatic carbocycles. The number of amides is 2. The normalized spacial score (nSPS) is 11.0. The number of halogens is 1.